The molecule has 0 bridgehead atoms. The van der Waals surface area contributed by atoms with Gasteiger partial charge in [0.1, 0.15) is 18.0 Å². The molecule has 2 aliphatic heterocycles. The summed E-state index contributed by atoms with van der Waals surface area (Å²) in [5.74, 6) is 0.886. The number of unbranched alkanes of at least 4 members (excludes halogenated alkanes) is 12. The van der Waals surface area contributed by atoms with Gasteiger partial charge in [-0.1, -0.05) is 122 Å². The second-order valence-electron chi connectivity index (χ2n) is 17.8. The Morgan fingerprint density at radius 2 is 1.32 bits per heavy atom. The first-order chi connectivity index (χ1) is 30.2. The van der Waals surface area contributed by atoms with Gasteiger partial charge in [-0.15, -0.1) is 0 Å². The van der Waals surface area contributed by atoms with Crippen LogP contribution in [0.3, 0.4) is 0 Å². The molecule has 332 valence electrons. The highest BCUT2D eigenvalue weighted by molar-refractivity contribution is 7.99. The van der Waals surface area contributed by atoms with Crippen molar-refractivity contribution in [2.45, 2.75) is 159 Å². The van der Waals surface area contributed by atoms with E-state index in [1.165, 1.54) is 104 Å². The van der Waals surface area contributed by atoms with E-state index < -0.39 is 5.97 Å². The van der Waals surface area contributed by atoms with E-state index in [1.54, 1.807) is 6.07 Å². The average Bonchev–Trinajstić information content (AvgIpc) is 3.48. The maximum atomic E-state index is 12.0. The zero-order chi connectivity index (χ0) is 43.9. The number of nitrogens with zero attached hydrogens (tertiary/aromatic N) is 2. The summed E-state index contributed by atoms with van der Waals surface area (Å²) < 4.78 is 15.2. The van der Waals surface area contributed by atoms with Crippen LogP contribution in [-0.4, -0.2) is 47.7 Å². The van der Waals surface area contributed by atoms with E-state index in [0.717, 1.165) is 84.8 Å². The topological polar surface area (TPSA) is 62.0 Å². The molecule has 0 unspecified atom stereocenters. The smallest absolute Gasteiger partial charge is 0.335 e. The third-order valence-corrected chi connectivity index (χ3v) is 13.7. The van der Waals surface area contributed by atoms with Crippen LogP contribution in [0.4, 0.5) is 17.1 Å². The SMILES string of the molecule is CCCCCCOc1ccc(-c2ccc3c(c2)Sc2cc(C=CC4=[N+](CCCCCC)c5ccc(C(=O)O)cc5C4(C)C)ccc2N3CCCCCC)c(OCCCCCC)c1. The normalized spacial score (nSPS) is 14.0. The van der Waals surface area contributed by atoms with E-state index in [-0.39, 0.29) is 5.41 Å². The van der Waals surface area contributed by atoms with Crippen LogP contribution in [0.1, 0.15) is 166 Å². The van der Waals surface area contributed by atoms with Crippen LogP contribution in [0.15, 0.2) is 88.7 Å². The van der Waals surface area contributed by atoms with Crippen molar-refractivity contribution in [1.82, 2.24) is 0 Å². The number of carboxylic acids is 1. The number of fused-ring (bicyclic) bond motifs is 3. The van der Waals surface area contributed by atoms with E-state index in [4.69, 9.17) is 9.47 Å². The molecule has 0 saturated carbocycles. The second kappa shape index (κ2) is 23.3. The van der Waals surface area contributed by atoms with Gasteiger partial charge < -0.3 is 19.5 Å². The van der Waals surface area contributed by atoms with Gasteiger partial charge in [0.05, 0.1) is 35.6 Å². The summed E-state index contributed by atoms with van der Waals surface area (Å²) in [4.78, 5) is 17.1. The third-order valence-electron chi connectivity index (χ3n) is 12.6. The zero-order valence-electron chi connectivity index (χ0n) is 38.7. The summed E-state index contributed by atoms with van der Waals surface area (Å²) in [7, 11) is 0. The lowest BCUT2D eigenvalue weighted by molar-refractivity contribution is -0.438. The van der Waals surface area contributed by atoms with Crippen molar-refractivity contribution in [1.29, 1.82) is 0 Å². The lowest BCUT2D eigenvalue weighted by Gasteiger charge is -2.33. The highest BCUT2D eigenvalue weighted by Crippen LogP contribution is 2.50. The van der Waals surface area contributed by atoms with E-state index >= 15 is 0 Å². The first kappa shape index (κ1) is 47.0. The van der Waals surface area contributed by atoms with Crippen molar-refractivity contribution in [2.75, 3.05) is 31.2 Å². The number of anilines is 2. The standard InChI is InChI=1S/C55H72N2O4S/c1-7-11-15-19-33-56-48-29-23-41(24-32-53-55(5,6)46-38-43(54(58)59)26-30-47(46)57(53)34-20-16-12-8-2)37-51(48)62-52-39-42(25-31-49(52)56)45-28-27-44(60-35-21-17-13-9-3)40-50(45)61-36-22-18-14-10-4/h23-32,37-40H,7-22,33-36H2,1-6H3/p+1. The minimum absolute atomic E-state index is 0.341. The van der Waals surface area contributed by atoms with Crippen LogP contribution in [0.5, 0.6) is 11.5 Å². The second-order valence-corrected chi connectivity index (χ2v) is 18.9. The quantitative estimate of drug-likeness (QED) is 0.0501. The predicted molar refractivity (Wildman–Crippen MR) is 262 cm³/mol. The van der Waals surface area contributed by atoms with Crippen molar-refractivity contribution in [3.8, 4) is 22.6 Å². The Morgan fingerprint density at radius 3 is 2.02 bits per heavy atom. The van der Waals surface area contributed by atoms with Gasteiger partial charge in [-0.05, 0) is 105 Å². The fourth-order valence-corrected chi connectivity index (χ4v) is 10.1. The van der Waals surface area contributed by atoms with Gasteiger partial charge in [-0.25, -0.2) is 4.79 Å². The molecule has 62 heavy (non-hydrogen) atoms. The van der Waals surface area contributed by atoms with Crippen molar-refractivity contribution < 1.29 is 24.0 Å². The van der Waals surface area contributed by atoms with Crippen LogP contribution in [0.25, 0.3) is 17.2 Å². The Morgan fingerprint density at radius 1 is 0.677 bits per heavy atom. The van der Waals surface area contributed by atoms with Gasteiger partial charge in [0.15, 0.2) is 5.71 Å². The maximum absolute atomic E-state index is 12.0. The van der Waals surface area contributed by atoms with Gasteiger partial charge in [0.25, 0.3) is 0 Å². The minimum Gasteiger partial charge on any atom is -0.493 e. The summed E-state index contributed by atoms with van der Waals surface area (Å²) in [6.07, 6.45) is 23.4. The number of aromatic carboxylic acids is 1. The molecule has 2 heterocycles. The van der Waals surface area contributed by atoms with Gasteiger partial charge in [0.2, 0.25) is 5.69 Å². The molecule has 4 aromatic carbocycles. The number of rotatable bonds is 26. The van der Waals surface area contributed by atoms with Crippen LogP contribution >= 0.6 is 11.8 Å². The monoisotopic (exact) mass is 858 g/mol. The van der Waals surface area contributed by atoms with Crippen LogP contribution < -0.4 is 14.4 Å². The van der Waals surface area contributed by atoms with E-state index in [1.807, 2.05) is 23.9 Å². The largest absolute Gasteiger partial charge is 0.493 e. The van der Waals surface area contributed by atoms with E-state index in [2.05, 4.69) is 118 Å². The fraction of sp³-hybridized carbons (Fsp3) is 0.491. The molecule has 0 amide bonds. The number of allylic oxidation sites excluding steroid dienone is 1. The number of carbonyl (C=O) groups is 1. The van der Waals surface area contributed by atoms with Crippen molar-refractivity contribution in [3.05, 3.63) is 95.6 Å². The molecule has 0 aliphatic carbocycles. The molecule has 0 radical (unpaired) electrons. The Balaban J connectivity index is 1.32. The summed E-state index contributed by atoms with van der Waals surface area (Å²) in [6, 6.07) is 25.9. The maximum Gasteiger partial charge on any atom is 0.335 e. The summed E-state index contributed by atoms with van der Waals surface area (Å²) in [5.41, 5.74) is 9.35. The number of benzene rings is 4. The Bertz CT molecular complexity index is 2170. The minimum atomic E-state index is -0.885. The predicted octanol–water partition coefficient (Wildman–Crippen LogP) is 15.8. The number of carboxylic acid groups (broad SMARTS) is 1. The summed E-state index contributed by atoms with van der Waals surface area (Å²) in [6.45, 7) is 16.8. The lowest BCUT2D eigenvalue weighted by Crippen LogP contribution is -2.28. The molecule has 1 N–H and O–H groups in total. The Labute approximate surface area is 377 Å². The number of hydrogen-bond donors (Lipinski definition) is 1. The fourth-order valence-electron chi connectivity index (χ4n) is 8.91. The molecule has 0 saturated heterocycles. The number of ether oxygens (including phenoxy) is 2. The Kier molecular flexibility index (Phi) is 17.6. The van der Waals surface area contributed by atoms with Gasteiger partial charge in [-0.2, -0.15) is 4.58 Å². The number of hydrogen-bond acceptors (Lipinski definition) is 5. The molecule has 0 atom stereocenters. The highest BCUT2D eigenvalue weighted by Gasteiger charge is 2.44. The molecule has 2 aliphatic rings. The van der Waals surface area contributed by atoms with Gasteiger partial charge >= 0.3 is 5.97 Å². The molecule has 6 rings (SSSR count). The molecule has 6 nitrogen and oxygen atoms in total. The molecule has 7 heteroatoms. The highest BCUT2D eigenvalue weighted by atomic mass is 32.2. The lowest BCUT2D eigenvalue weighted by atomic mass is 9.80. The zero-order valence-corrected chi connectivity index (χ0v) is 39.5. The van der Waals surface area contributed by atoms with Crippen LogP contribution in [0.2, 0.25) is 0 Å². The molecular formula is C55H73N2O4S+. The molecule has 4 aromatic rings. The van der Waals surface area contributed by atoms with Gasteiger partial charge in [-0.3, -0.25) is 0 Å². The molecule has 0 spiro atoms. The van der Waals surface area contributed by atoms with E-state index in [0.29, 0.717) is 12.2 Å². The van der Waals surface area contributed by atoms with Crippen molar-refractivity contribution in [2.24, 2.45) is 0 Å². The van der Waals surface area contributed by atoms with Crippen LogP contribution in [0, 0.1) is 0 Å². The third kappa shape index (κ3) is 11.7. The van der Waals surface area contributed by atoms with Crippen molar-refractivity contribution in [3.63, 3.8) is 0 Å². The first-order valence-corrected chi connectivity index (χ1v) is 24.9. The van der Waals surface area contributed by atoms with Crippen LogP contribution in [-0.2, 0) is 5.41 Å². The molecule has 0 aromatic heterocycles. The average molecular weight is 858 g/mol. The molecule has 0 fully saturated rings. The Hall–Kier alpha value is -4.49. The van der Waals surface area contributed by atoms with Crippen molar-refractivity contribution >= 4 is 46.6 Å². The summed E-state index contributed by atoms with van der Waals surface area (Å²) >= 11 is 1.86. The first-order valence-electron chi connectivity index (χ1n) is 24.0. The van der Waals surface area contributed by atoms with E-state index in [9.17, 15) is 9.90 Å². The van der Waals surface area contributed by atoms with Gasteiger partial charge in [0, 0.05) is 52.1 Å². The summed E-state index contributed by atoms with van der Waals surface area (Å²) in [5, 5.41) is 9.87. The molecular weight excluding hydrogens is 785 g/mol.